The Hall–Kier alpha value is -2.77. The van der Waals surface area contributed by atoms with Crippen LogP contribution in [-0.2, 0) is 6.54 Å². The van der Waals surface area contributed by atoms with E-state index in [1.807, 2.05) is 54.2 Å². The van der Waals surface area contributed by atoms with Gasteiger partial charge in [-0.3, -0.25) is 14.9 Å². The van der Waals surface area contributed by atoms with E-state index in [1.54, 1.807) is 12.1 Å². The van der Waals surface area contributed by atoms with Gasteiger partial charge in [0.25, 0.3) is 11.6 Å². The van der Waals surface area contributed by atoms with Crippen LogP contribution in [-0.4, -0.2) is 47.8 Å². The number of nitro benzene ring substituents is 1. The number of rotatable bonds is 7. The molecular weight excluding hydrogens is 362 g/mol. The molecule has 0 aliphatic carbocycles. The van der Waals surface area contributed by atoms with Gasteiger partial charge >= 0.3 is 0 Å². The zero-order valence-corrected chi connectivity index (χ0v) is 16.1. The first-order chi connectivity index (χ1) is 12.9. The lowest BCUT2D eigenvalue weighted by Crippen LogP contribution is -2.35. The molecule has 0 aliphatic heterocycles. The molecule has 1 heterocycles. The third-order valence-electron chi connectivity index (χ3n) is 4.24. The van der Waals surface area contributed by atoms with Crippen molar-refractivity contribution in [2.75, 3.05) is 27.2 Å². The maximum absolute atomic E-state index is 13.1. The highest BCUT2D eigenvalue weighted by Crippen LogP contribution is 2.30. The van der Waals surface area contributed by atoms with Crippen LogP contribution >= 0.6 is 11.3 Å². The zero-order chi connectivity index (χ0) is 19.4. The van der Waals surface area contributed by atoms with Crippen LogP contribution in [0.3, 0.4) is 0 Å². The number of likely N-dealkylation sites (N-methyl/N-ethyl adjacent to an activating group) is 1. The standard InChI is InChI=1S/C20H21N3O3S/c1-21(2)10-11-22(14-15-6-4-3-5-7-15)20(24)19-13-16-12-17(23(25)26)8-9-18(16)27-19/h3-9,12-13H,10-11,14H2,1-2H3. The maximum atomic E-state index is 13.1. The molecule has 1 aromatic heterocycles. The molecule has 0 bridgehead atoms. The van der Waals surface area contributed by atoms with Crippen molar-refractivity contribution in [3.8, 4) is 0 Å². The number of fused-ring (bicyclic) bond motifs is 1. The molecule has 3 aromatic rings. The molecule has 0 fully saturated rings. The van der Waals surface area contributed by atoms with Gasteiger partial charge in [-0.05, 0) is 31.8 Å². The molecule has 3 rings (SSSR count). The third-order valence-corrected chi connectivity index (χ3v) is 5.35. The normalized spacial score (nSPS) is 11.1. The highest BCUT2D eigenvalue weighted by molar-refractivity contribution is 7.20. The topological polar surface area (TPSA) is 66.7 Å². The molecule has 0 saturated heterocycles. The smallest absolute Gasteiger partial charge is 0.270 e. The quantitative estimate of drug-likeness (QED) is 0.457. The molecule has 0 N–H and O–H groups in total. The Kier molecular flexibility index (Phi) is 5.83. The SMILES string of the molecule is CN(C)CCN(Cc1ccccc1)C(=O)c1cc2cc([N+](=O)[O-])ccc2s1. The number of thiophene rings is 1. The van der Waals surface area contributed by atoms with Crippen LogP contribution in [0.2, 0.25) is 0 Å². The van der Waals surface area contributed by atoms with Gasteiger partial charge in [0.2, 0.25) is 0 Å². The number of hydrogen-bond donors (Lipinski definition) is 0. The van der Waals surface area contributed by atoms with E-state index < -0.39 is 4.92 Å². The van der Waals surface area contributed by atoms with Crippen molar-refractivity contribution in [1.29, 1.82) is 0 Å². The zero-order valence-electron chi connectivity index (χ0n) is 15.3. The summed E-state index contributed by atoms with van der Waals surface area (Å²) in [6.07, 6.45) is 0. The highest BCUT2D eigenvalue weighted by atomic mass is 32.1. The summed E-state index contributed by atoms with van der Waals surface area (Å²) in [7, 11) is 3.95. The minimum Gasteiger partial charge on any atom is -0.332 e. The third kappa shape index (κ3) is 4.69. The fraction of sp³-hybridized carbons (Fsp3) is 0.250. The second kappa shape index (κ2) is 8.28. The van der Waals surface area contributed by atoms with Gasteiger partial charge in [0, 0.05) is 41.9 Å². The summed E-state index contributed by atoms with van der Waals surface area (Å²) in [5.41, 5.74) is 1.11. The Morgan fingerprint density at radius 3 is 2.48 bits per heavy atom. The number of amides is 1. The van der Waals surface area contributed by atoms with Crippen molar-refractivity contribution < 1.29 is 9.72 Å². The van der Waals surface area contributed by atoms with Gasteiger partial charge in [-0.1, -0.05) is 30.3 Å². The van der Waals surface area contributed by atoms with E-state index in [0.29, 0.717) is 18.0 Å². The molecule has 7 heteroatoms. The fourth-order valence-electron chi connectivity index (χ4n) is 2.78. The second-order valence-electron chi connectivity index (χ2n) is 6.61. The Morgan fingerprint density at radius 1 is 1.07 bits per heavy atom. The first kappa shape index (κ1) is 19.0. The van der Waals surface area contributed by atoms with E-state index in [0.717, 1.165) is 22.2 Å². The van der Waals surface area contributed by atoms with Crippen LogP contribution in [0, 0.1) is 10.1 Å². The Morgan fingerprint density at radius 2 is 1.81 bits per heavy atom. The predicted octanol–water partition coefficient (Wildman–Crippen LogP) is 4.01. The van der Waals surface area contributed by atoms with Crippen LogP contribution in [0.1, 0.15) is 15.2 Å². The fourth-order valence-corrected chi connectivity index (χ4v) is 3.79. The minimum atomic E-state index is -0.419. The van der Waals surface area contributed by atoms with Crippen LogP contribution in [0.25, 0.3) is 10.1 Å². The molecule has 0 unspecified atom stereocenters. The molecule has 0 radical (unpaired) electrons. The average molecular weight is 383 g/mol. The number of hydrogen-bond acceptors (Lipinski definition) is 5. The van der Waals surface area contributed by atoms with Gasteiger partial charge < -0.3 is 9.80 Å². The van der Waals surface area contributed by atoms with E-state index in [4.69, 9.17) is 0 Å². The molecule has 6 nitrogen and oxygen atoms in total. The van der Waals surface area contributed by atoms with Gasteiger partial charge in [-0.25, -0.2) is 0 Å². The number of nitro groups is 1. The van der Waals surface area contributed by atoms with Gasteiger partial charge in [0.05, 0.1) is 9.80 Å². The Bertz CT molecular complexity index is 954. The second-order valence-corrected chi connectivity index (χ2v) is 7.69. The van der Waals surface area contributed by atoms with Crippen LogP contribution in [0.4, 0.5) is 5.69 Å². The summed E-state index contributed by atoms with van der Waals surface area (Å²) in [4.78, 5) is 28.2. The molecular formula is C20H21N3O3S. The summed E-state index contributed by atoms with van der Waals surface area (Å²) >= 11 is 1.37. The summed E-state index contributed by atoms with van der Waals surface area (Å²) in [5, 5.41) is 11.7. The van der Waals surface area contributed by atoms with E-state index in [-0.39, 0.29) is 11.6 Å². The van der Waals surface area contributed by atoms with Gasteiger partial charge in [0.1, 0.15) is 0 Å². The number of nitrogens with zero attached hydrogens (tertiary/aromatic N) is 3. The molecule has 2 aromatic carbocycles. The number of carbonyl (C=O) groups excluding carboxylic acids is 1. The highest BCUT2D eigenvalue weighted by Gasteiger charge is 2.19. The molecule has 0 aliphatic rings. The van der Waals surface area contributed by atoms with Crippen molar-refractivity contribution in [1.82, 2.24) is 9.80 Å². The van der Waals surface area contributed by atoms with E-state index in [1.165, 1.54) is 23.5 Å². The van der Waals surface area contributed by atoms with Crippen LogP contribution in [0.15, 0.2) is 54.6 Å². The summed E-state index contributed by atoms with van der Waals surface area (Å²) in [6, 6.07) is 16.3. The average Bonchev–Trinajstić information content (AvgIpc) is 3.08. The summed E-state index contributed by atoms with van der Waals surface area (Å²) in [6.45, 7) is 1.89. The van der Waals surface area contributed by atoms with Crippen molar-refractivity contribution >= 4 is 33.0 Å². The molecule has 0 spiro atoms. The maximum Gasteiger partial charge on any atom is 0.270 e. The van der Waals surface area contributed by atoms with Crippen LogP contribution < -0.4 is 0 Å². The molecule has 140 valence electrons. The lowest BCUT2D eigenvalue weighted by molar-refractivity contribution is -0.384. The number of carbonyl (C=O) groups is 1. The Labute approximate surface area is 161 Å². The van der Waals surface area contributed by atoms with Crippen molar-refractivity contribution in [3.05, 3.63) is 75.2 Å². The molecule has 1 amide bonds. The van der Waals surface area contributed by atoms with E-state index in [2.05, 4.69) is 0 Å². The van der Waals surface area contributed by atoms with Crippen LogP contribution in [0.5, 0.6) is 0 Å². The van der Waals surface area contributed by atoms with Gasteiger partial charge in [-0.2, -0.15) is 0 Å². The van der Waals surface area contributed by atoms with Gasteiger partial charge in [0.15, 0.2) is 0 Å². The molecule has 0 atom stereocenters. The minimum absolute atomic E-state index is 0.0352. The monoisotopic (exact) mass is 383 g/mol. The predicted molar refractivity (Wildman–Crippen MR) is 108 cm³/mol. The van der Waals surface area contributed by atoms with E-state index in [9.17, 15) is 14.9 Å². The largest absolute Gasteiger partial charge is 0.332 e. The summed E-state index contributed by atoms with van der Waals surface area (Å²) in [5.74, 6) is -0.0513. The van der Waals surface area contributed by atoms with Crippen molar-refractivity contribution in [2.24, 2.45) is 0 Å². The first-order valence-corrected chi connectivity index (χ1v) is 9.41. The van der Waals surface area contributed by atoms with Crippen molar-refractivity contribution in [2.45, 2.75) is 6.54 Å². The van der Waals surface area contributed by atoms with E-state index >= 15 is 0 Å². The van der Waals surface area contributed by atoms with Gasteiger partial charge in [-0.15, -0.1) is 11.3 Å². The Balaban J connectivity index is 1.87. The van der Waals surface area contributed by atoms with Crippen molar-refractivity contribution in [3.63, 3.8) is 0 Å². The molecule has 27 heavy (non-hydrogen) atoms. The first-order valence-electron chi connectivity index (χ1n) is 8.60. The molecule has 0 saturated carbocycles. The summed E-state index contributed by atoms with van der Waals surface area (Å²) < 4.78 is 0.872. The number of benzene rings is 2. The lowest BCUT2D eigenvalue weighted by Gasteiger charge is -2.24. The lowest BCUT2D eigenvalue weighted by atomic mass is 10.2. The number of non-ortho nitro benzene ring substituents is 1.